The van der Waals surface area contributed by atoms with Crippen LogP contribution in [-0.4, -0.2) is 37.0 Å². The van der Waals surface area contributed by atoms with E-state index in [1.165, 1.54) is 27.5 Å². The summed E-state index contributed by atoms with van der Waals surface area (Å²) in [7, 11) is 1.68. The van der Waals surface area contributed by atoms with Gasteiger partial charge in [0.15, 0.2) is 9.93 Å². The Labute approximate surface area is 271 Å². The van der Waals surface area contributed by atoms with Crippen molar-refractivity contribution >= 4 is 45.8 Å². The van der Waals surface area contributed by atoms with Crippen LogP contribution in [0.3, 0.4) is 0 Å². The number of hydrogen-bond donors (Lipinski definition) is 3. The number of H-pyrrole nitrogens is 3. The van der Waals surface area contributed by atoms with Crippen LogP contribution >= 0.6 is 24.0 Å². The first-order valence-electron chi connectivity index (χ1n) is 14.8. The molecule has 7 nitrogen and oxygen atoms in total. The zero-order chi connectivity index (χ0) is 31.2. The van der Waals surface area contributed by atoms with Crippen molar-refractivity contribution in [2.45, 2.75) is 36.6 Å². The largest absolute Gasteiger partial charge is 0.497 e. The minimum atomic E-state index is 0.223. The number of benzene rings is 3. The molecule has 0 spiro atoms. The number of aromatic amines is 3. The topological polar surface area (TPSA) is 95.3 Å². The minimum Gasteiger partial charge on any atom is -0.497 e. The zero-order valence-corrected chi connectivity index (χ0v) is 27.0. The molecule has 3 aromatic carbocycles. The van der Waals surface area contributed by atoms with E-state index in [-0.39, 0.29) is 11.8 Å². The lowest BCUT2D eigenvalue weighted by Gasteiger charge is -2.12. The second-order valence-electron chi connectivity index (χ2n) is 10.8. The first kappa shape index (κ1) is 30.3. The van der Waals surface area contributed by atoms with E-state index in [0.717, 1.165) is 39.1 Å². The molecule has 7 aromatic rings. The van der Waals surface area contributed by atoms with E-state index in [1.54, 1.807) is 18.9 Å². The van der Waals surface area contributed by atoms with Gasteiger partial charge in [-0.2, -0.15) is 0 Å². The highest BCUT2D eigenvalue weighted by Crippen LogP contribution is 2.31. The van der Waals surface area contributed by atoms with Gasteiger partial charge >= 0.3 is 0 Å². The number of fused-ring (bicyclic) bond motifs is 2. The van der Waals surface area contributed by atoms with E-state index < -0.39 is 0 Å². The summed E-state index contributed by atoms with van der Waals surface area (Å²) in [6, 6.07) is 28.8. The second kappa shape index (κ2) is 13.9. The Hall–Kier alpha value is -4.73. The summed E-state index contributed by atoms with van der Waals surface area (Å²) in [5.41, 5.74) is 8.01. The smallest absolute Gasteiger partial charge is 0.174 e. The van der Waals surface area contributed by atoms with Gasteiger partial charge in [0.2, 0.25) is 0 Å². The van der Waals surface area contributed by atoms with Crippen molar-refractivity contribution in [1.82, 2.24) is 29.9 Å². The number of nitrogens with zero attached hydrogens (tertiary/aromatic N) is 3. The molecular weight excluding hydrogens is 597 g/mol. The van der Waals surface area contributed by atoms with E-state index in [1.807, 2.05) is 61.2 Å². The lowest BCUT2D eigenvalue weighted by Crippen LogP contribution is -1.98. The van der Waals surface area contributed by atoms with Gasteiger partial charge in [-0.25, -0.2) is 4.98 Å². The molecular formula is C36H34N6OS2. The Balaban J connectivity index is 0.000000172. The molecule has 0 amide bonds. The fraction of sp³-hybridized carbons (Fsp3) is 0.167. The molecule has 3 N–H and O–H groups in total. The molecule has 2 atom stereocenters. The fourth-order valence-corrected chi connectivity index (χ4v) is 6.40. The molecule has 9 heteroatoms. The summed E-state index contributed by atoms with van der Waals surface area (Å²) < 4.78 is 5.87. The predicted octanol–water partition coefficient (Wildman–Crippen LogP) is 9.18. The van der Waals surface area contributed by atoms with Gasteiger partial charge in [-0.15, -0.1) is 0 Å². The number of ether oxygens (including phenoxy) is 1. The molecule has 226 valence electrons. The number of methoxy groups -OCH3 is 1. The van der Waals surface area contributed by atoms with Crippen LogP contribution in [0, 0.1) is 4.77 Å². The average molecular weight is 631 g/mol. The van der Waals surface area contributed by atoms with Crippen molar-refractivity contribution in [2.75, 3.05) is 7.11 Å². The van der Waals surface area contributed by atoms with Crippen LogP contribution in [-0.2, 0) is 5.75 Å². The molecule has 7 rings (SSSR count). The van der Waals surface area contributed by atoms with Crippen molar-refractivity contribution in [3.63, 3.8) is 0 Å². The van der Waals surface area contributed by atoms with E-state index in [9.17, 15) is 0 Å². The molecule has 0 saturated heterocycles. The summed E-state index contributed by atoms with van der Waals surface area (Å²) >= 11 is 6.78. The zero-order valence-electron chi connectivity index (χ0n) is 25.3. The quantitative estimate of drug-likeness (QED) is 0.114. The Morgan fingerprint density at radius 2 is 1.36 bits per heavy atom. The van der Waals surface area contributed by atoms with E-state index in [2.05, 4.69) is 92.3 Å². The van der Waals surface area contributed by atoms with Gasteiger partial charge in [-0.3, -0.25) is 9.97 Å². The molecule has 0 aliphatic rings. The third kappa shape index (κ3) is 7.00. The number of imidazole rings is 2. The van der Waals surface area contributed by atoms with Crippen molar-refractivity contribution in [3.05, 3.63) is 143 Å². The average Bonchev–Trinajstić information content (AvgIpc) is 3.76. The summed E-state index contributed by atoms with van der Waals surface area (Å²) in [6.45, 7) is 4.36. The third-order valence-corrected chi connectivity index (χ3v) is 9.13. The van der Waals surface area contributed by atoms with E-state index in [0.29, 0.717) is 4.77 Å². The van der Waals surface area contributed by atoms with Gasteiger partial charge in [-0.1, -0.05) is 74.1 Å². The standard InChI is InChI=1S/C22H21N3OS.C14H13N3S/c1-15(18-5-3-7-20-19(18)6-4-12-23-20)21-13-24-22(25-21)27-14-16-8-10-17(26-2)11-9-16;1-9(13-8-16-14(18)17-13)10-4-2-6-12-11(10)5-3-7-15-12/h3-13,15H,14H2,1-2H3,(H,24,25);2-9H,1H3,(H2,16,17,18). The molecule has 0 fully saturated rings. The van der Waals surface area contributed by atoms with Gasteiger partial charge in [0.05, 0.1) is 18.1 Å². The summed E-state index contributed by atoms with van der Waals surface area (Å²) in [5, 5.41) is 3.31. The Kier molecular flexibility index (Phi) is 9.38. The van der Waals surface area contributed by atoms with Crippen LogP contribution in [0.4, 0.5) is 0 Å². The van der Waals surface area contributed by atoms with Crippen LogP contribution in [0.15, 0.2) is 115 Å². The maximum absolute atomic E-state index is 5.20. The van der Waals surface area contributed by atoms with Gasteiger partial charge in [-0.05, 0) is 65.3 Å². The Morgan fingerprint density at radius 1 is 0.733 bits per heavy atom. The molecule has 0 aliphatic carbocycles. The molecule has 45 heavy (non-hydrogen) atoms. The molecule has 0 aliphatic heterocycles. The number of pyridine rings is 2. The fourth-order valence-electron chi connectivity index (χ4n) is 5.41. The molecule has 0 saturated carbocycles. The van der Waals surface area contributed by atoms with Crippen LogP contribution < -0.4 is 4.74 Å². The maximum Gasteiger partial charge on any atom is 0.174 e. The van der Waals surface area contributed by atoms with E-state index in [4.69, 9.17) is 17.0 Å². The summed E-state index contributed by atoms with van der Waals surface area (Å²) in [5.74, 6) is 2.22. The monoisotopic (exact) mass is 630 g/mol. The van der Waals surface area contributed by atoms with Crippen molar-refractivity contribution in [2.24, 2.45) is 0 Å². The molecule has 4 heterocycles. The molecule has 0 bridgehead atoms. The number of aromatic nitrogens is 6. The second-order valence-corrected chi connectivity index (χ2v) is 12.1. The Bertz CT molecular complexity index is 2070. The highest BCUT2D eigenvalue weighted by atomic mass is 32.2. The van der Waals surface area contributed by atoms with Gasteiger partial charge in [0, 0.05) is 64.5 Å². The van der Waals surface area contributed by atoms with Gasteiger partial charge < -0.3 is 19.7 Å². The predicted molar refractivity (Wildman–Crippen MR) is 186 cm³/mol. The third-order valence-electron chi connectivity index (χ3n) is 7.95. The van der Waals surface area contributed by atoms with Crippen molar-refractivity contribution in [3.8, 4) is 5.75 Å². The van der Waals surface area contributed by atoms with Gasteiger partial charge in [0.25, 0.3) is 0 Å². The highest BCUT2D eigenvalue weighted by molar-refractivity contribution is 7.98. The normalized spacial score (nSPS) is 12.4. The van der Waals surface area contributed by atoms with Crippen molar-refractivity contribution in [1.29, 1.82) is 0 Å². The number of thioether (sulfide) groups is 1. The molecule has 4 aromatic heterocycles. The van der Waals surface area contributed by atoms with E-state index >= 15 is 0 Å². The summed E-state index contributed by atoms with van der Waals surface area (Å²) in [4.78, 5) is 23.1. The van der Waals surface area contributed by atoms with Crippen LogP contribution in [0.1, 0.15) is 53.8 Å². The lowest BCUT2D eigenvalue weighted by molar-refractivity contribution is 0.414. The van der Waals surface area contributed by atoms with Crippen LogP contribution in [0.2, 0.25) is 0 Å². The first-order chi connectivity index (χ1) is 22.0. The maximum atomic E-state index is 5.20. The number of hydrogen-bond acceptors (Lipinski definition) is 6. The van der Waals surface area contributed by atoms with Crippen LogP contribution in [0.5, 0.6) is 5.75 Å². The van der Waals surface area contributed by atoms with Gasteiger partial charge in [0.1, 0.15) is 5.75 Å². The number of rotatable bonds is 8. The lowest BCUT2D eigenvalue weighted by atomic mass is 9.94. The molecule has 2 unspecified atom stereocenters. The Morgan fingerprint density at radius 3 is 1.93 bits per heavy atom. The summed E-state index contributed by atoms with van der Waals surface area (Å²) in [6.07, 6.45) is 7.53. The van der Waals surface area contributed by atoms with Crippen molar-refractivity contribution < 1.29 is 4.74 Å². The number of nitrogens with one attached hydrogen (secondary N) is 3. The first-order valence-corrected chi connectivity index (χ1v) is 16.1. The van der Waals surface area contributed by atoms with Crippen LogP contribution in [0.25, 0.3) is 21.8 Å². The SMILES string of the molecule is CC(c1c[nH]c(=S)[nH]1)c1cccc2ncccc12.COc1ccc(CSc2ncc(C(C)c3cccc4ncccc34)[nH]2)cc1. The minimum absolute atomic E-state index is 0.223. The molecule has 0 radical (unpaired) electrons. The highest BCUT2D eigenvalue weighted by Gasteiger charge is 2.15.